The van der Waals surface area contributed by atoms with Crippen molar-refractivity contribution >= 4 is 5.91 Å². The Morgan fingerprint density at radius 1 is 1.25 bits per heavy atom. The van der Waals surface area contributed by atoms with E-state index < -0.39 is 0 Å². The van der Waals surface area contributed by atoms with Crippen molar-refractivity contribution in [2.45, 2.75) is 56.9 Å². The summed E-state index contributed by atoms with van der Waals surface area (Å²) in [6.45, 7) is 2.61. The summed E-state index contributed by atoms with van der Waals surface area (Å²) >= 11 is 0. The van der Waals surface area contributed by atoms with Gasteiger partial charge in [-0.15, -0.1) is 0 Å². The Morgan fingerprint density at radius 2 is 1.90 bits per heavy atom. The van der Waals surface area contributed by atoms with E-state index in [1.807, 2.05) is 30.3 Å². The molecule has 2 rings (SSSR count). The van der Waals surface area contributed by atoms with Gasteiger partial charge in [0.2, 0.25) is 5.91 Å². The number of nitrogens with one attached hydrogen (secondary N) is 1. The van der Waals surface area contributed by atoms with E-state index >= 15 is 0 Å². The molecule has 0 bridgehead atoms. The summed E-state index contributed by atoms with van der Waals surface area (Å²) in [4.78, 5) is 12.6. The van der Waals surface area contributed by atoms with E-state index in [0.717, 1.165) is 24.8 Å². The molecule has 0 spiro atoms. The lowest BCUT2D eigenvalue weighted by Gasteiger charge is -2.38. The van der Waals surface area contributed by atoms with Crippen LogP contribution in [0.3, 0.4) is 0 Å². The lowest BCUT2D eigenvalue weighted by atomic mass is 9.81. The molecule has 0 aromatic heterocycles. The number of amides is 1. The molecule has 1 unspecified atom stereocenters. The Hall–Kier alpha value is -1.35. The molecule has 3 nitrogen and oxygen atoms in total. The lowest BCUT2D eigenvalue weighted by Crippen LogP contribution is -2.55. The topological polar surface area (TPSA) is 55.1 Å². The zero-order valence-corrected chi connectivity index (χ0v) is 12.4. The molecular formula is C17H26N2O. The SMILES string of the molecule is CCC(C(=O)NC1(CN)CCCCC1)c1ccccc1. The van der Waals surface area contributed by atoms with Gasteiger partial charge >= 0.3 is 0 Å². The van der Waals surface area contributed by atoms with Gasteiger partial charge in [-0.1, -0.05) is 56.5 Å². The highest BCUT2D eigenvalue weighted by Crippen LogP contribution is 2.29. The molecule has 1 aliphatic carbocycles. The number of carbonyl (C=O) groups is 1. The highest BCUT2D eigenvalue weighted by molar-refractivity contribution is 5.84. The van der Waals surface area contributed by atoms with Crippen LogP contribution in [0.1, 0.15) is 56.9 Å². The van der Waals surface area contributed by atoms with Crippen LogP contribution in [-0.2, 0) is 4.79 Å². The first kappa shape index (κ1) is 15.0. The van der Waals surface area contributed by atoms with Crippen molar-refractivity contribution in [2.75, 3.05) is 6.54 Å². The van der Waals surface area contributed by atoms with Crippen molar-refractivity contribution in [1.82, 2.24) is 5.32 Å². The summed E-state index contributed by atoms with van der Waals surface area (Å²) in [7, 11) is 0. The zero-order valence-electron chi connectivity index (χ0n) is 12.4. The minimum absolute atomic E-state index is 0.0680. The summed E-state index contributed by atoms with van der Waals surface area (Å²) in [6.07, 6.45) is 6.43. The van der Waals surface area contributed by atoms with E-state index in [-0.39, 0.29) is 17.4 Å². The molecule has 110 valence electrons. The monoisotopic (exact) mass is 274 g/mol. The molecule has 1 atom stereocenters. The molecule has 1 aliphatic rings. The van der Waals surface area contributed by atoms with Crippen LogP contribution in [0, 0.1) is 0 Å². The van der Waals surface area contributed by atoms with Crippen LogP contribution >= 0.6 is 0 Å². The van der Waals surface area contributed by atoms with Gasteiger partial charge in [0.15, 0.2) is 0 Å². The summed E-state index contributed by atoms with van der Waals surface area (Å²) in [5.41, 5.74) is 6.88. The fourth-order valence-corrected chi connectivity index (χ4v) is 3.21. The Balaban J connectivity index is 2.09. The van der Waals surface area contributed by atoms with E-state index in [1.54, 1.807) is 0 Å². The number of hydrogen-bond acceptors (Lipinski definition) is 2. The first-order chi connectivity index (χ1) is 9.71. The zero-order chi connectivity index (χ0) is 14.4. The smallest absolute Gasteiger partial charge is 0.228 e. The summed E-state index contributed by atoms with van der Waals surface area (Å²) < 4.78 is 0. The predicted molar refractivity (Wildman–Crippen MR) is 82.5 cm³/mol. The van der Waals surface area contributed by atoms with Gasteiger partial charge in [0.05, 0.1) is 11.5 Å². The van der Waals surface area contributed by atoms with E-state index in [4.69, 9.17) is 5.73 Å². The van der Waals surface area contributed by atoms with Crippen LogP contribution < -0.4 is 11.1 Å². The Kier molecular flexibility index (Phi) is 5.18. The van der Waals surface area contributed by atoms with Gasteiger partial charge < -0.3 is 11.1 Å². The fourth-order valence-electron chi connectivity index (χ4n) is 3.21. The molecule has 0 saturated heterocycles. The minimum atomic E-state index is -0.169. The van der Waals surface area contributed by atoms with Crippen LogP contribution in [0.5, 0.6) is 0 Å². The predicted octanol–water partition coefficient (Wildman–Crippen LogP) is 2.96. The maximum atomic E-state index is 12.6. The highest BCUT2D eigenvalue weighted by Gasteiger charge is 2.34. The van der Waals surface area contributed by atoms with Crippen LogP contribution in [0.15, 0.2) is 30.3 Å². The van der Waals surface area contributed by atoms with Crippen molar-refractivity contribution in [2.24, 2.45) is 5.73 Å². The first-order valence-corrected chi connectivity index (χ1v) is 7.78. The van der Waals surface area contributed by atoms with Crippen LogP contribution in [-0.4, -0.2) is 18.0 Å². The van der Waals surface area contributed by atoms with Gasteiger partial charge in [-0.05, 0) is 24.8 Å². The number of hydrogen-bond donors (Lipinski definition) is 2. The second-order valence-corrected chi connectivity index (χ2v) is 5.91. The maximum absolute atomic E-state index is 12.6. The molecule has 1 aromatic rings. The van der Waals surface area contributed by atoms with Crippen molar-refractivity contribution < 1.29 is 4.79 Å². The molecule has 3 heteroatoms. The van der Waals surface area contributed by atoms with Gasteiger partial charge in [-0.2, -0.15) is 0 Å². The molecule has 0 heterocycles. The number of carbonyl (C=O) groups excluding carboxylic acids is 1. The number of rotatable bonds is 5. The molecule has 0 radical (unpaired) electrons. The van der Waals surface area contributed by atoms with Gasteiger partial charge in [-0.25, -0.2) is 0 Å². The van der Waals surface area contributed by atoms with Gasteiger partial charge in [-0.3, -0.25) is 4.79 Å². The quantitative estimate of drug-likeness (QED) is 0.867. The van der Waals surface area contributed by atoms with Crippen LogP contribution in [0.2, 0.25) is 0 Å². The van der Waals surface area contributed by atoms with E-state index in [2.05, 4.69) is 12.2 Å². The second kappa shape index (κ2) is 6.89. The van der Waals surface area contributed by atoms with E-state index in [9.17, 15) is 4.79 Å². The average Bonchev–Trinajstić information content (AvgIpc) is 2.50. The lowest BCUT2D eigenvalue weighted by molar-refractivity contribution is -0.125. The largest absolute Gasteiger partial charge is 0.349 e. The molecule has 3 N–H and O–H groups in total. The Bertz CT molecular complexity index is 424. The minimum Gasteiger partial charge on any atom is -0.349 e. The summed E-state index contributed by atoms with van der Waals surface area (Å²) in [5.74, 6) is 0.0626. The van der Waals surface area contributed by atoms with Gasteiger partial charge in [0.25, 0.3) is 0 Å². The standard InChI is InChI=1S/C17H26N2O/c1-2-15(14-9-5-3-6-10-14)16(20)19-17(13-18)11-7-4-8-12-17/h3,5-6,9-10,15H,2,4,7-8,11-13,18H2,1H3,(H,19,20). The van der Waals surface area contributed by atoms with E-state index in [1.165, 1.54) is 19.3 Å². The molecule has 0 aliphatic heterocycles. The molecular weight excluding hydrogens is 248 g/mol. The fraction of sp³-hybridized carbons (Fsp3) is 0.588. The Morgan fingerprint density at radius 3 is 2.45 bits per heavy atom. The third-order valence-corrected chi connectivity index (χ3v) is 4.52. The second-order valence-electron chi connectivity index (χ2n) is 5.91. The first-order valence-electron chi connectivity index (χ1n) is 7.78. The van der Waals surface area contributed by atoms with Gasteiger partial charge in [0.1, 0.15) is 0 Å². The van der Waals surface area contributed by atoms with Crippen molar-refractivity contribution in [1.29, 1.82) is 0 Å². The molecule has 1 aromatic carbocycles. The summed E-state index contributed by atoms with van der Waals surface area (Å²) in [6, 6.07) is 10.0. The van der Waals surface area contributed by atoms with Crippen LogP contribution in [0.4, 0.5) is 0 Å². The van der Waals surface area contributed by atoms with E-state index in [0.29, 0.717) is 6.54 Å². The van der Waals surface area contributed by atoms with Crippen molar-refractivity contribution in [3.8, 4) is 0 Å². The molecule has 20 heavy (non-hydrogen) atoms. The van der Waals surface area contributed by atoms with Crippen LogP contribution in [0.25, 0.3) is 0 Å². The molecule has 1 fully saturated rings. The average molecular weight is 274 g/mol. The highest BCUT2D eigenvalue weighted by atomic mass is 16.2. The Labute approximate surface area is 121 Å². The summed E-state index contributed by atoms with van der Waals surface area (Å²) in [5, 5.41) is 3.27. The number of nitrogens with two attached hydrogens (primary N) is 1. The molecule has 1 saturated carbocycles. The van der Waals surface area contributed by atoms with Crippen molar-refractivity contribution in [3.63, 3.8) is 0 Å². The maximum Gasteiger partial charge on any atom is 0.228 e. The third-order valence-electron chi connectivity index (χ3n) is 4.52. The third kappa shape index (κ3) is 3.40. The van der Waals surface area contributed by atoms with Crippen molar-refractivity contribution in [3.05, 3.63) is 35.9 Å². The normalized spacial score (nSPS) is 19.3. The molecule has 1 amide bonds. The number of benzene rings is 1. The van der Waals surface area contributed by atoms with Gasteiger partial charge in [0, 0.05) is 6.54 Å².